The van der Waals surface area contributed by atoms with Gasteiger partial charge in [0.05, 0.1) is 10.3 Å². The fourth-order valence-electron chi connectivity index (χ4n) is 2.68. The maximum absolute atomic E-state index is 12.5. The SMILES string of the molecule is O=C1CCCc2c1sc1nc3ccccn3c(=O)c21. The number of Topliss-reactive ketones (excluding diaryl/α,β-unsaturated/α-hetero) is 1. The molecule has 19 heavy (non-hydrogen) atoms. The molecule has 1 aliphatic carbocycles. The summed E-state index contributed by atoms with van der Waals surface area (Å²) >= 11 is 1.36. The number of carbonyl (C=O) groups excluding carboxylic acids is 1. The summed E-state index contributed by atoms with van der Waals surface area (Å²) in [6.07, 6.45) is 3.94. The first-order valence-electron chi connectivity index (χ1n) is 6.21. The van der Waals surface area contributed by atoms with Crippen molar-refractivity contribution in [3.63, 3.8) is 0 Å². The molecule has 5 heteroatoms. The van der Waals surface area contributed by atoms with E-state index in [9.17, 15) is 9.59 Å². The van der Waals surface area contributed by atoms with Crippen molar-refractivity contribution in [3.05, 3.63) is 45.2 Å². The lowest BCUT2D eigenvalue weighted by atomic mass is 9.96. The van der Waals surface area contributed by atoms with E-state index in [1.807, 2.05) is 12.1 Å². The lowest BCUT2D eigenvalue weighted by Gasteiger charge is -2.09. The van der Waals surface area contributed by atoms with E-state index in [4.69, 9.17) is 0 Å². The number of aromatic nitrogens is 2. The zero-order valence-electron chi connectivity index (χ0n) is 10.0. The van der Waals surface area contributed by atoms with Crippen LogP contribution < -0.4 is 5.56 Å². The molecule has 4 nitrogen and oxygen atoms in total. The zero-order valence-corrected chi connectivity index (χ0v) is 10.9. The topological polar surface area (TPSA) is 51.4 Å². The monoisotopic (exact) mass is 270 g/mol. The molecule has 0 atom stereocenters. The van der Waals surface area contributed by atoms with Crippen molar-refractivity contribution < 1.29 is 4.79 Å². The number of thiophene rings is 1. The van der Waals surface area contributed by atoms with Gasteiger partial charge in [-0.25, -0.2) is 4.98 Å². The number of nitrogens with zero attached hydrogens (tertiary/aromatic N) is 2. The minimum atomic E-state index is -0.0622. The second-order valence-electron chi connectivity index (χ2n) is 4.71. The van der Waals surface area contributed by atoms with Crippen molar-refractivity contribution in [1.29, 1.82) is 0 Å². The first-order valence-corrected chi connectivity index (χ1v) is 7.03. The fraction of sp³-hybridized carbons (Fsp3) is 0.214. The number of rotatable bonds is 0. The molecule has 4 rings (SSSR count). The Bertz CT molecular complexity index is 891. The first kappa shape index (κ1) is 10.9. The Labute approximate surface area is 112 Å². The van der Waals surface area contributed by atoms with E-state index in [1.54, 1.807) is 16.7 Å². The summed E-state index contributed by atoms with van der Waals surface area (Å²) < 4.78 is 1.55. The van der Waals surface area contributed by atoms with Gasteiger partial charge in [-0.3, -0.25) is 14.0 Å². The third-order valence-corrected chi connectivity index (χ3v) is 4.73. The van der Waals surface area contributed by atoms with E-state index in [0.717, 1.165) is 23.3 Å². The molecule has 3 aromatic heterocycles. The molecule has 0 spiro atoms. The fourth-order valence-corrected chi connectivity index (χ4v) is 3.86. The van der Waals surface area contributed by atoms with Crippen LogP contribution in [0.3, 0.4) is 0 Å². The Hall–Kier alpha value is -2.01. The summed E-state index contributed by atoms with van der Waals surface area (Å²) in [4.78, 5) is 30.4. The van der Waals surface area contributed by atoms with Gasteiger partial charge in [-0.2, -0.15) is 0 Å². The van der Waals surface area contributed by atoms with Crippen LogP contribution >= 0.6 is 11.3 Å². The van der Waals surface area contributed by atoms with Crippen molar-refractivity contribution in [2.45, 2.75) is 19.3 Å². The number of aryl methyl sites for hydroxylation is 1. The molecule has 0 bridgehead atoms. The van der Waals surface area contributed by atoms with Gasteiger partial charge in [0, 0.05) is 12.6 Å². The van der Waals surface area contributed by atoms with E-state index < -0.39 is 0 Å². The summed E-state index contributed by atoms with van der Waals surface area (Å²) in [6.45, 7) is 0. The van der Waals surface area contributed by atoms with Crippen molar-refractivity contribution >= 4 is 33.0 Å². The van der Waals surface area contributed by atoms with Crippen LogP contribution in [0.25, 0.3) is 15.9 Å². The maximum Gasteiger partial charge on any atom is 0.266 e. The minimum Gasteiger partial charge on any atom is -0.293 e. The van der Waals surface area contributed by atoms with E-state index in [1.165, 1.54) is 11.3 Å². The smallest absolute Gasteiger partial charge is 0.266 e. The van der Waals surface area contributed by atoms with Gasteiger partial charge < -0.3 is 0 Å². The number of ketones is 1. The number of hydrogen-bond donors (Lipinski definition) is 0. The van der Waals surface area contributed by atoms with Gasteiger partial charge in [0.1, 0.15) is 10.5 Å². The minimum absolute atomic E-state index is 0.0622. The average Bonchev–Trinajstić information content (AvgIpc) is 2.79. The van der Waals surface area contributed by atoms with Crippen molar-refractivity contribution in [2.75, 3.05) is 0 Å². The molecule has 0 unspecified atom stereocenters. The summed E-state index contributed by atoms with van der Waals surface area (Å²) in [7, 11) is 0. The van der Waals surface area contributed by atoms with E-state index >= 15 is 0 Å². The van der Waals surface area contributed by atoms with E-state index in [-0.39, 0.29) is 11.3 Å². The van der Waals surface area contributed by atoms with Crippen LogP contribution in [0.5, 0.6) is 0 Å². The normalized spacial score (nSPS) is 15.1. The van der Waals surface area contributed by atoms with Gasteiger partial charge >= 0.3 is 0 Å². The zero-order chi connectivity index (χ0) is 13.0. The second-order valence-corrected chi connectivity index (χ2v) is 5.71. The molecule has 0 fully saturated rings. The predicted octanol–water partition coefficient (Wildman–Crippen LogP) is 2.43. The Morgan fingerprint density at radius 3 is 3.00 bits per heavy atom. The van der Waals surface area contributed by atoms with Crippen LogP contribution in [0.2, 0.25) is 0 Å². The van der Waals surface area contributed by atoms with Crippen LogP contribution in [0.1, 0.15) is 28.1 Å². The van der Waals surface area contributed by atoms with Crippen LogP contribution in [0.15, 0.2) is 29.2 Å². The summed E-state index contributed by atoms with van der Waals surface area (Å²) in [6, 6.07) is 5.47. The highest BCUT2D eigenvalue weighted by Crippen LogP contribution is 2.33. The standard InChI is InChI=1S/C14H10N2O2S/c17-9-5-3-4-8-11-13(19-12(8)9)15-10-6-1-2-7-16(10)14(11)18/h1-2,6-7H,3-5H2. The first-order chi connectivity index (χ1) is 9.25. The lowest BCUT2D eigenvalue weighted by Crippen LogP contribution is -2.16. The molecule has 0 N–H and O–H groups in total. The molecular formula is C14H10N2O2S. The van der Waals surface area contributed by atoms with Gasteiger partial charge in [0.2, 0.25) is 0 Å². The Morgan fingerprint density at radius 2 is 2.11 bits per heavy atom. The summed E-state index contributed by atoms with van der Waals surface area (Å²) in [5.74, 6) is 0.151. The third kappa shape index (κ3) is 1.42. The van der Waals surface area contributed by atoms with E-state index in [0.29, 0.717) is 22.3 Å². The summed E-state index contributed by atoms with van der Waals surface area (Å²) in [5, 5.41) is 0.636. The maximum atomic E-state index is 12.5. The van der Waals surface area contributed by atoms with Gasteiger partial charge in [-0.05, 0) is 30.5 Å². The molecule has 94 valence electrons. The number of hydrogen-bond acceptors (Lipinski definition) is 4. The lowest BCUT2D eigenvalue weighted by molar-refractivity contribution is 0.0977. The molecule has 0 saturated heterocycles. The highest BCUT2D eigenvalue weighted by atomic mass is 32.1. The molecule has 3 aromatic rings. The highest BCUT2D eigenvalue weighted by Gasteiger charge is 2.25. The molecule has 0 amide bonds. The second kappa shape index (κ2) is 3.74. The van der Waals surface area contributed by atoms with Gasteiger partial charge in [-0.1, -0.05) is 6.07 Å². The average molecular weight is 270 g/mol. The van der Waals surface area contributed by atoms with Crippen LogP contribution in [-0.4, -0.2) is 15.2 Å². The quantitative estimate of drug-likeness (QED) is 0.630. The predicted molar refractivity (Wildman–Crippen MR) is 74.1 cm³/mol. The molecular weight excluding hydrogens is 260 g/mol. The van der Waals surface area contributed by atoms with Gasteiger partial charge in [0.15, 0.2) is 5.78 Å². The molecule has 0 aliphatic heterocycles. The van der Waals surface area contributed by atoms with Crippen LogP contribution in [0.4, 0.5) is 0 Å². The molecule has 3 heterocycles. The van der Waals surface area contributed by atoms with Crippen LogP contribution in [-0.2, 0) is 6.42 Å². The number of pyridine rings is 1. The Morgan fingerprint density at radius 1 is 1.21 bits per heavy atom. The molecule has 1 aliphatic rings. The summed E-state index contributed by atoms with van der Waals surface area (Å²) in [5.41, 5.74) is 1.48. The Kier molecular flexibility index (Phi) is 2.14. The van der Waals surface area contributed by atoms with Crippen molar-refractivity contribution in [1.82, 2.24) is 9.38 Å². The van der Waals surface area contributed by atoms with Crippen molar-refractivity contribution in [2.24, 2.45) is 0 Å². The molecule has 0 aromatic carbocycles. The van der Waals surface area contributed by atoms with E-state index in [2.05, 4.69) is 4.98 Å². The third-order valence-electron chi connectivity index (χ3n) is 3.56. The Balaban J connectivity index is 2.23. The molecule has 0 saturated carbocycles. The van der Waals surface area contributed by atoms with Gasteiger partial charge in [0.25, 0.3) is 5.56 Å². The van der Waals surface area contributed by atoms with Crippen molar-refractivity contribution in [3.8, 4) is 0 Å². The highest BCUT2D eigenvalue weighted by molar-refractivity contribution is 7.20. The number of carbonyl (C=O) groups is 1. The molecule has 0 radical (unpaired) electrons. The van der Waals surface area contributed by atoms with Gasteiger partial charge in [-0.15, -0.1) is 11.3 Å². The van der Waals surface area contributed by atoms with Crippen LogP contribution in [0, 0.1) is 0 Å². The number of fused-ring (bicyclic) bond motifs is 4. The largest absolute Gasteiger partial charge is 0.293 e.